The van der Waals surface area contributed by atoms with Crippen molar-refractivity contribution in [3.63, 3.8) is 0 Å². The van der Waals surface area contributed by atoms with E-state index in [9.17, 15) is 5.11 Å². The molecule has 1 aromatic rings. The highest BCUT2D eigenvalue weighted by atomic mass is 16.5. The average Bonchev–Trinajstić information content (AvgIpc) is 2.28. The number of nitrogens with two attached hydrogens (primary N) is 1. The van der Waals surface area contributed by atoms with Crippen LogP contribution in [0.1, 0.15) is 6.92 Å². The van der Waals surface area contributed by atoms with Gasteiger partial charge in [-0.3, -0.25) is 4.90 Å². The van der Waals surface area contributed by atoms with Gasteiger partial charge in [0.15, 0.2) is 0 Å². The number of hydrogen-bond donors (Lipinski definition) is 3. The number of rotatable bonds is 7. The van der Waals surface area contributed by atoms with Crippen LogP contribution in [0.15, 0.2) is 18.3 Å². The predicted octanol–water partition coefficient (Wildman–Crippen LogP) is 0.157. The van der Waals surface area contributed by atoms with Gasteiger partial charge in [0.05, 0.1) is 37.2 Å². The molecular weight excluding hydrogens is 244 g/mol. The van der Waals surface area contributed by atoms with E-state index in [-0.39, 0.29) is 6.10 Å². The van der Waals surface area contributed by atoms with Crippen LogP contribution in [-0.2, 0) is 4.74 Å². The largest absolute Gasteiger partial charge is 0.392 e. The molecule has 6 nitrogen and oxygen atoms in total. The lowest BCUT2D eigenvalue weighted by atomic mass is 10.2. The maximum Gasteiger partial charge on any atom is 0.123 e. The Hall–Kier alpha value is -1.37. The van der Waals surface area contributed by atoms with E-state index >= 15 is 0 Å². The Labute approximate surface area is 113 Å². The van der Waals surface area contributed by atoms with Crippen molar-refractivity contribution in [1.82, 2.24) is 9.88 Å². The summed E-state index contributed by atoms with van der Waals surface area (Å²) in [5.74, 6) is 0.521. The normalized spacial score (nSPS) is 17.2. The van der Waals surface area contributed by atoms with Gasteiger partial charge in [-0.25, -0.2) is 4.98 Å². The van der Waals surface area contributed by atoms with E-state index in [0.717, 1.165) is 32.0 Å². The van der Waals surface area contributed by atoms with E-state index in [1.54, 1.807) is 12.3 Å². The molecule has 1 aliphatic heterocycles. The summed E-state index contributed by atoms with van der Waals surface area (Å²) in [6, 6.07) is 4.12. The highest BCUT2D eigenvalue weighted by Crippen LogP contribution is 2.11. The first-order valence-corrected chi connectivity index (χ1v) is 6.60. The van der Waals surface area contributed by atoms with Gasteiger partial charge in [-0.05, 0) is 19.1 Å². The SMILES string of the molecule is CC(O)CN(CCNc1ccc(N)nc1)C1COC1. The van der Waals surface area contributed by atoms with Crippen molar-refractivity contribution < 1.29 is 9.84 Å². The van der Waals surface area contributed by atoms with E-state index in [1.165, 1.54) is 0 Å². The molecule has 0 aromatic carbocycles. The van der Waals surface area contributed by atoms with Gasteiger partial charge in [0.25, 0.3) is 0 Å². The summed E-state index contributed by atoms with van der Waals surface area (Å²) in [7, 11) is 0. The summed E-state index contributed by atoms with van der Waals surface area (Å²) in [6.45, 7) is 5.67. The zero-order valence-electron chi connectivity index (χ0n) is 11.2. The van der Waals surface area contributed by atoms with Crippen LogP contribution in [0, 0.1) is 0 Å². The number of nitrogens with one attached hydrogen (secondary N) is 1. The zero-order chi connectivity index (χ0) is 13.7. The third-order valence-corrected chi connectivity index (χ3v) is 3.15. The van der Waals surface area contributed by atoms with Crippen LogP contribution in [0.5, 0.6) is 0 Å². The molecule has 0 radical (unpaired) electrons. The lowest BCUT2D eigenvalue weighted by Gasteiger charge is -2.38. The van der Waals surface area contributed by atoms with Gasteiger partial charge in [-0.15, -0.1) is 0 Å². The van der Waals surface area contributed by atoms with E-state index in [4.69, 9.17) is 10.5 Å². The molecule has 1 aliphatic rings. The van der Waals surface area contributed by atoms with Crippen LogP contribution in [-0.4, -0.2) is 60.0 Å². The Morgan fingerprint density at radius 3 is 2.89 bits per heavy atom. The van der Waals surface area contributed by atoms with Crippen LogP contribution in [0.4, 0.5) is 11.5 Å². The van der Waals surface area contributed by atoms with Gasteiger partial charge >= 0.3 is 0 Å². The molecule has 6 heteroatoms. The highest BCUT2D eigenvalue weighted by Gasteiger charge is 2.26. The first-order chi connectivity index (χ1) is 9.15. The van der Waals surface area contributed by atoms with Crippen LogP contribution < -0.4 is 11.1 Å². The Morgan fingerprint density at radius 1 is 1.58 bits per heavy atom. The first-order valence-electron chi connectivity index (χ1n) is 6.60. The van der Waals surface area contributed by atoms with Crippen LogP contribution >= 0.6 is 0 Å². The average molecular weight is 266 g/mol. The van der Waals surface area contributed by atoms with Gasteiger partial charge in [0.2, 0.25) is 0 Å². The Bertz CT molecular complexity index is 379. The minimum atomic E-state index is -0.321. The lowest BCUT2D eigenvalue weighted by molar-refractivity contribution is -0.0724. The van der Waals surface area contributed by atoms with Crippen molar-refractivity contribution in [2.45, 2.75) is 19.1 Å². The molecule has 0 bridgehead atoms. The topological polar surface area (TPSA) is 83.6 Å². The van der Waals surface area contributed by atoms with Crippen molar-refractivity contribution in [3.8, 4) is 0 Å². The maximum atomic E-state index is 9.51. The number of nitrogens with zero attached hydrogens (tertiary/aromatic N) is 2. The van der Waals surface area contributed by atoms with Crippen LogP contribution in [0.2, 0.25) is 0 Å². The fourth-order valence-electron chi connectivity index (χ4n) is 2.05. The van der Waals surface area contributed by atoms with Gasteiger partial charge in [0.1, 0.15) is 5.82 Å². The number of pyridine rings is 1. The number of aromatic nitrogens is 1. The van der Waals surface area contributed by atoms with E-state index in [0.29, 0.717) is 18.4 Å². The number of aliphatic hydroxyl groups is 1. The van der Waals surface area contributed by atoms with Gasteiger partial charge < -0.3 is 20.9 Å². The maximum absolute atomic E-state index is 9.51. The standard InChI is InChI=1S/C13H22N4O2/c1-10(18)7-17(12-8-19-9-12)5-4-15-11-2-3-13(14)16-6-11/h2-3,6,10,12,15,18H,4-5,7-9H2,1H3,(H2,14,16). The molecule has 0 spiro atoms. The third kappa shape index (κ3) is 4.34. The molecule has 1 unspecified atom stereocenters. The second kappa shape index (κ2) is 6.70. The first kappa shape index (κ1) is 14.0. The van der Waals surface area contributed by atoms with Crippen molar-refractivity contribution in [3.05, 3.63) is 18.3 Å². The second-order valence-corrected chi connectivity index (χ2v) is 4.93. The molecule has 0 aliphatic carbocycles. The number of ether oxygens (including phenoxy) is 1. The highest BCUT2D eigenvalue weighted by molar-refractivity contribution is 5.45. The molecule has 1 fully saturated rings. The number of aliphatic hydroxyl groups excluding tert-OH is 1. The van der Waals surface area contributed by atoms with Gasteiger partial charge in [-0.2, -0.15) is 0 Å². The third-order valence-electron chi connectivity index (χ3n) is 3.15. The number of nitrogen functional groups attached to an aromatic ring is 1. The van der Waals surface area contributed by atoms with E-state index in [1.807, 2.05) is 13.0 Å². The molecule has 1 atom stereocenters. The molecule has 2 heterocycles. The molecule has 0 amide bonds. The van der Waals surface area contributed by atoms with Crippen LogP contribution in [0.25, 0.3) is 0 Å². The molecule has 1 saturated heterocycles. The quantitative estimate of drug-likeness (QED) is 0.652. The molecular formula is C13H22N4O2. The van der Waals surface area contributed by atoms with Gasteiger partial charge in [0, 0.05) is 19.6 Å². The lowest BCUT2D eigenvalue weighted by Crippen LogP contribution is -2.52. The fourth-order valence-corrected chi connectivity index (χ4v) is 2.05. The molecule has 1 aromatic heterocycles. The molecule has 4 N–H and O–H groups in total. The van der Waals surface area contributed by atoms with E-state index in [2.05, 4.69) is 15.2 Å². The summed E-state index contributed by atoms with van der Waals surface area (Å²) < 4.78 is 5.21. The van der Waals surface area contributed by atoms with E-state index < -0.39 is 0 Å². The Kier molecular flexibility index (Phi) is 4.95. The van der Waals surface area contributed by atoms with Gasteiger partial charge in [-0.1, -0.05) is 0 Å². The van der Waals surface area contributed by atoms with Crippen molar-refractivity contribution in [2.75, 3.05) is 43.9 Å². The Balaban J connectivity index is 1.76. The fraction of sp³-hybridized carbons (Fsp3) is 0.615. The molecule has 0 saturated carbocycles. The smallest absolute Gasteiger partial charge is 0.123 e. The number of hydrogen-bond acceptors (Lipinski definition) is 6. The Morgan fingerprint density at radius 2 is 2.37 bits per heavy atom. The molecule has 19 heavy (non-hydrogen) atoms. The summed E-state index contributed by atoms with van der Waals surface area (Å²) in [4.78, 5) is 6.29. The van der Waals surface area contributed by atoms with Crippen molar-refractivity contribution in [2.24, 2.45) is 0 Å². The minimum Gasteiger partial charge on any atom is -0.392 e. The van der Waals surface area contributed by atoms with Crippen molar-refractivity contribution in [1.29, 1.82) is 0 Å². The molecule has 2 rings (SSSR count). The predicted molar refractivity (Wildman–Crippen MR) is 75.0 cm³/mol. The monoisotopic (exact) mass is 266 g/mol. The molecule has 106 valence electrons. The van der Waals surface area contributed by atoms with Crippen LogP contribution in [0.3, 0.4) is 0 Å². The minimum absolute atomic E-state index is 0.321. The summed E-state index contributed by atoms with van der Waals surface area (Å²) >= 11 is 0. The second-order valence-electron chi connectivity index (χ2n) is 4.93. The summed E-state index contributed by atoms with van der Waals surface area (Å²) in [5.41, 5.74) is 6.49. The zero-order valence-corrected chi connectivity index (χ0v) is 11.2. The summed E-state index contributed by atoms with van der Waals surface area (Å²) in [6.07, 6.45) is 1.40. The number of anilines is 2. The summed E-state index contributed by atoms with van der Waals surface area (Å²) in [5, 5.41) is 12.8. The van der Waals surface area contributed by atoms with Crippen molar-refractivity contribution >= 4 is 11.5 Å².